The molecule has 1 spiro atoms. The molecule has 1 N–H and O–H groups in total. The number of nitrogens with zero attached hydrogens (tertiary/aromatic N) is 2. The summed E-state index contributed by atoms with van der Waals surface area (Å²) in [5.41, 5.74) is 2.86. The fourth-order valence-corrected chi connectivity index (χ4v) is 5.31. The van der Waals surface area contributed by atoms with Crippen molar-refractivity contribution in [2.75, 3.05) is 12.4 Å². The second-order valence-electron chi connectivity index (χ2n) is 7.89. The van der Waals surface area contributed by atoms with Crippen LogP contribution in [-0.4, -0.2) is 23.7 Å². The van der Waals surface area contributed by atoms with Crippen LogP contribution in [0.2, 0.25) is 0 Å². The van der Waals surface area contributed by atoms with Crippen LogP contribution in [0.1, 0.15) is 29.2 Å². The monoisotopic (exact) mass is 553 g/mol. The van der Waals surface area contributed by atoms with Gasteiger partial charge in [0.2, 0.25) is 0 Å². The Balaban J connectivity index is 1.59. The van der Waals surface area contributed by atoms with Gasteiger partial charge in [0.25, 0.3) is 5.91 Å². The Labute approximate surface area is 201 Å². The highest BCUT2D eigenvalue weighted by atomic mass is 79.9. The number of nitrogens with one attached hydrogen (secondary N) is 1. The highest BCUT2D eigenvalue weighted by Crippen LogP contribution is 2.56. The lowest BCUT2D eigenvalue weighted by molar-refractivity contribution is -0.161. The number of benzene rings is 3. The zero-order chi connectivity index (χ0) is 22.0. The van der Waals surface area contributed by atoms with Crippen molar-refractivity contribution in [1.29, 1.82) is 0 Å². The van der Waals surface area contributed by atoms with E-state index in [1.165, 1.54) is 0 Å². The summed E-state index contributed by atoms with van der Waals surface area (Å²) in [6, 6.07) is 19.3. The van der Waals surface area contributed by atoms with Crippen molar-refractivity contribution in [2.24, 2.45) is 5.10 Å². The average Bonchev–Trinajstić information content (AvgIpc) is 3.35. The van der Waals surface area contributed by atoms with E-state index in [0.29, 0.717) is 23.6 Å². The maximum absolute atomic E-state index is 13.5. The SMILES string of the molecule is COc1cccc2c1O[C@]1(C(=O)Nc3ccc(Br)cc31)N1N=C(c3ccc(Br)cc3)C[C@@H]21. The third-order valence-corrected chi connectivity index (χ3v) is 7.17. The Bertz CT molecular complexity index is 1310. The highest BCUT2D eigenvalue weighted by molar-refractivity contribution is 9.10. The fraction of sp³-hybridized carbons (Fsp3) is 0.167. The smallest absolute Gasteiger partial charge is 0.306 e. The first kappa shape index (κ1) is 19.8. The molecule has 8 heteroatoms. The lowest BCUT2D eigenvalue weighted by Crippen LogP contribution is -2.55. The average molecular weight is 555 g/mol. The number of ether oxygens (including phenoxy) is 2. The van der Waals surface area contributed by atoms with Gasteiger partial charge >= 0.3 is 5.72 Å². The number of hydrogen-bond acceptors (Lipinski definition) is 5. The molecular weight excluding hydrogens is 538 g/mol. The van der Waals surface area contributed by atoms with E-state index in [1.54, 1.807) is 7.11 Å². The number of carbonyl (C=O) groups excluding carboxylic acids is 1. The summed E-state index contributed by atoms with van der Waals surface area (Å²) in [7, 11) is 1.61. The summed E-state index contributed by atoms with van der Waals surface area (Å²) >= 11 is 7.04. The lowest BCUT2D eigenvalue weighted by Gasteiger charge is -2.44. The third kappa shape index (κ3) is 2.69. The Kier molecular flexibility index (Phi) is 4.39. The van der Waals surface area contributed by atoms with E-state index in [1.807, 2.05) is 65.7 Å². The van der Waals surface area contributed by atoms with Crippen LogP contribution in [-0.2, 0) is 10.5 Å². The number of hydrogen-bond donors (Lipinski definition) is 1. The van der Waals surface area contributed by atoms with Gasteiger partial charge in [0.15, 0.2) is 11.5 Å². The number of fused-ring (bicyclic) bond motifs is 6. The topological polar surface area (TPSA) is 63.2 Å². The first-order valence-corrected chi connectivity index (χ1v) is 11.7. The Morgan fingerprint density at radius 2 is 1.91 bits per heavy atom. The predicted octanol–water partition coefficient (Wildman–Crippen LogP) is 5.57. The minimum Gasteiger partial charge on any atom is -0.493 e. The second-order valence-corrected chi connectivity index (χ2v) is 9.72. The van der Waals surface area contributed by atoms with Crippen LogP contribution in [0.25, 0.3) is 0 Å². The van der Waals surface area contributed by atoms with Crippen molar-refractivity contribution in [2.45, 2.75) is 18.2 Å². The normalized spacial score (nSPS) is 22.6. The molecular formula is C24H17Br2N3O3. The predicted molar refractivity (Wildman–Crippen MR) is 128 cm³/mol. The van der Waals surface area contributed by atoms with E-state index in [2.05, 4.69) is 37.2 Å². The number of carbonyl (C=O) groups is 1. The molecule has 160 valence electrons. The summed E-state index contributed by atoms with van der Waals surface area (Å²) < 4.78 is 14.0. The largest absolute Gasteiger partial charge is 0.493 e. The first-order chi connectivity index (χ1) is 15.5. The molecule has 6 nitrogen and oxygen atoms in total. The van der Waals surface area contributed by atoms with Crippen molar-refractivity contribution in [1.82, 2.24) is 5.01 Å². The number of amides is 1. The molecule has 1 amide bonds. The number of methoxy groups -OCH3 is 1. The van der Waals surface area contributed by atoms with Crippen molar-refractivity contribution in [3.63, 3.8) is 0 Å². The van der Waals surface area contributed by atoms with E-state index < -0.39 is 5.72 Å². The standard InChI is InChI=1S/C24H17Br2N3O3/c1-31-21-4-2-3-16-20-12-19(13-5-7-14(25)8-6-13)28-29(20)24(32-22(16)21)17-11-15(26)9-10-18(17)27-23(24)30/h2-11,20H,12H2,1H3,(H,27,30)/t20-,24+/m0/s1. The summed E-state index contributed by atoms with van der Waals surface area (Å²) in [5, 5.41) is 9.78. The van der Waals surface area contributed by atoms with Crippen LogP contribution < -0.4 is 14.8 Å². The third-order valence-electron chi connectivity index (χ3n) is 6.15. The molecule has 2 atom stereocenters. The van der Waals surface area contributed by atoms with E-state index in [4.69, 9.17) is 14.6 Å². The first-order valence-electron chi connectivity index (χ1n) is 10.1. The van der Waals surface area contributed by atoms with Crippen molar-refractivity contribution >= 4 is 49.2 Å². The van der Waals surface area contributed by atoms with Gasteiger partial charge in [-0.3, -0.25) is 4.79 Å². The van der Waals surface area contributed by atoms with E-state index in [0.717, 1.165) is 31.3 Å². The van der Waals surface area contributed by atoms with Gasteiger partial charge < -0.3 is 14.8 Å². The van der Waals surface area contributed by atoms with Gasteiger partial charge in [-0.1, -0.05) is 56.1 Å². The zero-order valence-electron chi connectivity index (χ0n) is 16.9. The zero-order valence-corrected chi connectivity index (χ0v) is 20.1. The van der Waals surface area contributed by atoms with Crippen LogP contribution >= 0.6 is 31.9 Å². The number of rotatable bonds is 2. The molecule has 0 aromatic heterocycles. The van der Waals surface area contributed by atoms with Gasteiger partial charge in [-0.2, -0.15) is 5.10 Å². The van der Waals surface area contributed by atoms with Crippen LogP contribution in [0.4, 0.5) is 5.69 Å². The molecule has 3 aromatic rings. The van der Waals surface area contributed by atoms with Crippen molar-refractivity contribution in [3.8, 4) is 11.5 Å². The van der Waals surface area contributed by atoms with Crippen molar-refractivity contribution < 1.29 is 14.3 Å². The van der Waals surface area contributed by atoms with Gasteiger partial charge in [0, 0.05) is 20.9 Å². The molecule has 6 rings (SSSR count). The summed E-state index contributed by atoms with van der Waals surface area (Å²) in [6.45, 7) is 0. The Hall–Kier alpha value is -2.84. The molecule has 0 fully saturated rings. The van der Waals surface area contributed by atoms with Gasteiger partial charge in [0.05, 0.1) is 30.1 Å². The molecule has 0 saturated heterocycles. The van der Waals surface area contributed by atoms with Crippen LogP contribution in [0.3, 0.4) is 0 Å². The molecule has 32 heavy (non-hydrogen) atoms. The lowest BCUT2D eigenvalue weighted by atomic mass is 9.92. The summed E-state index contributed by atoms with van der Waals surface area (Å²) in [4.78, 5) is 13.5. The highest BCUT2D eigenvalue weighted by Gasteiger charge is 2.61. The van der Waals surface area contributed by atoms with Gasteiger partial charge in [-0.05, 0) is 42.0 Å². The number of anilines is 1. The molecule has 0 radical (unpaired) electrons. The molecule has 3 aliphatic rings. The minimum atomic E-state index is -1.43. The van der Waals surface area contributed by atoms with Gasteiger partial charge in [-0.15, -0.1) is 0 Å². The molecule has 3 heterocycles. The summed E-state index contributed by atoms with van der Waals surface area (Å²) in [5.74, 6) is 0.898. The van der Waals surface area contributed by atoms with Gasteiger partial charge in [-0.25, -0.2) is 5.01 Å². The quantitative estimate of drug-likeness (QED) is 0.450. The summed E-state index contributed by atoms with van der Waals surface area (Å²) in [6.07, 6.45) is 0.642. The van der Waals surface area contributed by atoms with Crippen LogP contribution in [0.15, 0.2) is 74.7 Å². The maximum atomic E-state index is 13.5. The minimum absolute atomic E-state index is 0.178. The molecule has 0 bridgehead atoms. The Morgan fingerprint density at radius 1 is 1.12 bits per heavy atom. The number of para-hydroxylation sites is 1. The second kappa shape index (κ2) is 7.08. The van der Waals surface area contributed by atoms with Crippen LogP contribution in [0.5, 0.6) is 11.5 Å². The van der Waals surface area contributed by atoms with E-state index >= 15 is 0 Å². The van der Waals surface area contributed by atoms with Crippen LogP contribution in [0, 0.1) is 0 Å². The molecule has 0 saturated carbocycles. The van der Waals surface area contributed by atoms with E-state index in [9.17, 15) is 4.79 Å². The maximum Gasteiger partial charge on any atom is 0.306 e. The fourth-order valence-electron chi connectivity index (χ4n) is 4.68. The van der Waals surface area contributed by atoms with E-state index in [-0.39, 0.29) is 11.9 Å². The molecule has 0 aliphatic carbocycles. The molecule has 3 aromatic carbocycles. The molecule has 0 unspecified atom stereocenters. The number of halogens is 2. The molecule has 3 aliphatic heterocycles. The van der Waals surface area contributed by atoms with Gasteiger partial charge in [0.1, 0.15) is 0 Å². The Morgan fingerprint density at radius 3 is 2.69 bits per heavy atom. The van der Waals surface area contributed by atoms with Crippen molar-refractivity contribution in [3.05, 3.63) is 86.3 Å². The number of hydrazone groups is 1.